The summed E-state index contributed by atoms with van der Waals surface area (Å²) in [5.74, 6) is 0.187. The number of aliphatic carboxylic acids is 1. The number of carbonyl (C=O) groups is 1. The lowest BCUT2D eigenvalue weighted by Crippen LogP contribution is -2.21. The molecule has 0 aromatic carbocycles. The Morgan fingerprint density at radius 1 is 1.40 bits per heavy atom. The van der Waals surface area contributed by atoms with Crippen molar-refractivity contribution in [2.75, 3.05) is 19.6 Å². The topological polar surface area (TPSA) is 40.5 Å². The minimum Gasteiger partial charge on any atom is -0.481 e. The summed E-state index contributed by atoms with van der Waals surface area (Å²) in [5.41, 5.74) is 0. The lowest BCUT2D eigenvalue weighted by atomic mass is 10.0. The molecule has 0 saturated carbocycles. The van der Waals surface area contributed by atoms with Crippen molar-refractivity contribution < 1.29 is 9.90 Å². The van der Waals surface area contributed by atoms with Gasteiger partial charge in [0, 0.05) is 13.5 Å². The molecule has 1 N–H and O–H groups in total. The fourth-order valence-corrected chi connectivity index (χ4v) is 2.08. The van der Waals surface area contributed by atoms with Crippen LogP contribution >= 0.6 is 0 Å². The number of rotatable bonds is 4. The maximum absolute atomic E-state index is 9.00. The molecule has 0 radical (unpaired) electrons. The van der Waals surface area contributed by atoms with Crippen LogP contribution in [0, 0.1) is 5.92 Å². The van der Waals surface area contributed by atoms with E-state index in [0.717, 1.165) is 12.8 Å². The van der Waals surface area contributed by atoms with E-state index in [9.17, 15) is 0 Å². The van der Waals surface area contributed by atoms with Gasteiger partial charge in [-0.25, -0.2) is 0 Å². The highest BCUT2D eigenvalue weighted by atomic mass is 16.4. The minimum atomic E-state index is -0.833. The summed E-state index contributed by atoms with van der Waals surface area (Å²) in [4.78, 5) is 11.6. The van der Waals surface area contributed by atoms with Crippen LogP contribution in [0.4, 0.5) is 0 Å². The van der Waals surface area contributed by atoms with Gasteiger partial charge in [0.15, 0.2) is 0 Å². The molecule has 15 heavy (non-hydrogen) atoms. The molecule has 0 aromatic heterocycles. The van der Waals surface area contributed by atoms with E-state index in [4.69, 9.17) is 9.90 Å². The highest BCUT2D eigenvalue weighted by molar-refractivity contribution is 5.62. The van der Waals surface area contributed by atoms with Gasteiger partial charge in [0.2, 0.25) is 0 Å². The zero-order valence-corrected chi connectivity index (χ0v) is 10.3. The van der Waals surface area contributed by atoms with E-state index in [-0.39, 0.29) is 0 Å². The van der Waals surface area contributed by atoms with E-state index in [2.05, 4.69) is 18.7 Å². The Labute approximate surface area is 93.5 Å². The molecular formula is C12H25NO2. The molecule has 0 spiro atoms. The van der Waals surface area contributed by atoms with Crippen LogP contribution in [0.25, 0.3) is 0 Å². The Balaban J connectivity index is 0.000000423. The first kappa shape index (κ1) is 14.4. The van der Waals surface area contributed by atoms with Gasteiger partial charge in [-0.1, -0.05) is 20.3 Å². The zero-order valence-electron chi connectivity index (χ0n) is 10.3. The van der Waals surface area contributed by atoms with Gasteiger partial charge >= 0.3 is 0 Å². The molecular weight excluding hydrogens is 190 g/mol. The van der Waals surface area contributed by atoms with Crippen LogP contribution in [0.5, 0.6) is 0 Å². The molecule has 0 amide bonds. The monoisotopic (exact) mass is 215 g/mol. The molecule has 1 heterocycles. The second-order valence-electron chi connectivity index (χ2n) is 4.26. The van der Waals surface area contributed by atoms with E-state index in [0.29, 0.717) is 0 Å². The molecule has 3 nitrogen and oxygen atoms in total. The highest BCUT2D eigenvalue weighted by Gasteiger charge is 2.20. The van der Waals surface area contributed by atoms with Crippen molar-refractivity contribution in [1.29, 1.82) is 0 Å². The van der Waals surface area contributed by atoms with E-state index < -0.39 is 5.97 Å². The Kier molecular flexibility index (Phi) is 8.38. The maximum atomic E-state index is 9.00. The Bertz CT molecular complexity index is 155. The van der Waals surface area contributed by atoms with Crippen molar-refractivity contribution >= 4 is 5.97 Å². The van der Waals surface area contributed by atoms with Crippen molar-refractivity contribution in [3.8, 4) is 0 Å². The number of carboxylic acids is 1. The zero-order chi connectivity index (χ0) is 11.7. The van der Waals surface area contributed by atoms with Gasteiger partial charge in [0.25, 0.3) is 5.97 Å². The van der Waals surface area contributed by atoms with Gasteiger partial charge in [-0.05, 0) is 38.3 Å². The standard InChI is InChI=1S/C10H21N.C2H4O2/c1-3-5-10-6-8-11(9-10)7-4-2;1-2(3)4/h10H,3-9H2,1-2H3;1H3,(H,3,4). The van der Waals surface area contributed by atoms with Crippen LogP contribution in [0.15, 0.2) is 0 Å². The van der Waals surface area contributed by atoms with Crippen LogP contribution in [-0.4, -0.2) is 35.6 Å². The summed E-state index contributed by atoms with van der Waals surface area (Å²) in [7, 11) is 0. The van der Waals surface area contributed by atoms with Crippen molar-refractivity contribution in [2.45, 2.75) is 46.5 Å². The summed E-state index contributed by atoms with van der Waals surface area (Å²) in [6, 6.07) is 0. The second-order valence-corrected chi connectivity index (χ2v) is 4.26. The molecule has 1 aliphatic rings. The average molecular weight is 215 g/mol. The van der Waals surface area contributed by atoms with E-state index >= 15 is 0 Å². The normalized spacial score (nSPS) is 20.9. The van der Waals surface area contributed by atoms with E-state index in [1.807, 2.05) is 0 Å². The smallest absolute Gasteiger partial charge is 0.300 e. The summed E-state index contributed by atoms with van der Waals surface area (Å²) >= 11 is 0. The second kappa shape index (κ2) is 8.72. The highest BCUT2D eigenvalue weighted by Crippen LogP contribution is 2.20. The molecule has 90 valence electrons. The first-order chi connectivity index (χ1) is 7.10. The Morgan fingerprint density at radius 3 is 2.47 bits per heavy atom. The van der Waals surface area contributed by atoms with Gasteiger partial charge < -0.3 is 10.0 Å². The average Bonchev–Trinajstić information content (AvgIpc) is 2.53. The van der Waals surface area contributed by atoms with Crippen LogP contribution < -0.4 is 0 Å². The Morgan fingerprint density at radius 2 is 2.00 bits per heavy atom. The first-order valence-electron chi connectivity index (χ1n) is 6.02. The number of carboxylic acid groups (broad SMARTS) is 1. The molecule has 1 saturated heterocycles. The van der Waals surface area contributed by atoms with Crippen LogP contribution in [-0.2, 0) is 4.79 Å². The lowest BCUT2D eigenvalue weighted by molar-refractivity contribution is -0.134. The quantitative estimate of drug-likeness (QED) is 0.783. The molecule has 3 heteroatoms. The summed E-state index contributed by atoms with van der Waals surface area (Å²) in [6.07, 6.45) is 5.58. The van der Waals surface area contributed by atoms with Gasteiger partial charge in [-0.15, -0.1) is 0 Å². The summed E-state index contributed by atoms with van der Waals surface area (Å²) in [5, 5.41) is 7.42. The lowest BCUT2D eigenvalue weighted by Gasteiger charge is -2.13. The maximum Gasteiger partial charge on any atom is 0.300 e. The number of nitrogens with zero attached hydrogens (tertiary/aromatic N) is 1. The SMILES string of the molecule is CC(=O)O.CCCC1CCN(CCC)C1. The molecule has 0 aromatic rings. The third kappa shape index (κ3) is 8.43. The molecule has 0 aliphatic carbocycles. The summed E-state index contributed by atoms with van der Waals surface area (Å²) in [6.45, 7) is 9.70. The Hall–Kier alpha value is -0.570. The van der Waals surface area contributed by atoms with Gasteiger partial charge in [0.1, 0.15) is 0 Å². The van der Waals surface area contributed by atoms with Gasteiger partial charge in [-0.3, -0.25) is 4.79 Å². The molecule has 1 rings (SSSR count). The van der Waals surface area contributed by atoms with E-state index in [1.54, 1.807) is 0 Å². The fraction of sp³-hybridized carbons (Fsp3) is 0.917. The van der Waals surface area contributed by atoms with Crippen LogP contribution in [0.3, 0.4) is 0 Å². The van der Waals surface area contributed by atoms with Crippen LogP contribution in [0.1, 0.15) is 46.5 Å². The predicted molar refractivity (Wildman–Crippen MR) is 63.1 cm³/mol. The third-order valence-electron chi connectivity index (χ3n) is 2.61. The van der Waals surface area contributed by atoms with E-state index in [1.165, 1.54) is 45.3 Å². The van der Waals surface area contributed by atoms with Crippen LogP contribution in [0.2, 0.25) is 0 Å². The van der Waals surface area contributed by atoms with Gasteiger partial charge in [-0.2, -0.15) is 0 Å². The number of hydrogen-bond acceptors (Lipinski definition) is 2. The third-order valence-corrected chi connectivity index (χ3v) is 2.61. The number of hydrogen-bond donors (Lipinski definition) is 1. The van der Waals surface area contributed by atoms with Crippen molar-refractivity contribution in [2.24, 2.45) is 5.92 Å². The largest absolute Gasteiger partial charge is 0.481 e. The fourth-order valence-electron chi connectivity index (χ4n) is 2.08. The molecule has 1 unspecified atom stereocenters. The minimum absolute atomic E-state index is 0.833. The first-order valence-corrected chi connectivity index (χ1v) is 6.02. The molecule has 0 bridgehead atoms. The van der Waals surface area contributed by atoms with Crippen molar-refractivity contribution in [1.82, 2.24) is 4.90 Å². The molecule has 1 aliphatic heterocycles. The summed E-state index contributed by atoms with van der Waals surface area (Å²) < 4.78 is 0. The van der Waals surface area contributed by atoms with Crippen molar-refractivity contribution in [3.63, 3.8) is 0 Å². The molecule has 1 fully saturated rings. The van der Waals surface area contributed by atoms with Crippen molar-refractivity contribution in [3.05, 3.63) is 0 Å². The predicted octanol–water partition coefficient (Wildman–Crippen LogP) is 2.61. The molecule has 1 atom stereocenters. The number of likely N-dealkylation sites (tertiary alicyclic amines) is 1. The van der Waals surface area contributed by atoms with Gasteiger partial charge in [0.05, 0.1) is 0 Å².